The van der Waals surface area contributed by atoms with E-state index in [9.17, 15) is 0 Å². The number of para-hydroxylation sites is 1. The van der Waals surface area contributed by atoms with Gasteiger partial charge in [-0.15, -0.1) is 0 Å². The van der Waals surface area contributed by atoms with Gasteiger partial charge in [0.1, 0.15) is 0 Å². The number of hydrogen-bond donors (Lipinski definition) is 2. The number of aromatic nitrogens is 2. The van der Waals surface area contributed by atoms with Gasteiger partial charge in [-0.3, -0.25) is 9.67 Å². The molecular formula is C21H32N6. The quantitative estimate of drug-likeness (QED) is 0.448. The van der Waals surface area contributed by atoms with Crippen LogP contribution < -0.4 is 15.5 Å². The summed E-state index contributed by atoms with van der Waals surface area (Å²) in [6, 6.07) is 11.4. The lowest BCUT2D eigenvalue weighted by molar-refractivity contribution is 0.555. The number of anilines is 1. The van der Waals surface area contributed by atoms with Gasteiger partial charge in [0.05, 0.1) is 5.69 Å². The van der Waals surface area contributed by atoms with E-state index in [1.165, 1.54) is 16.9 Å². The second-order valence-corrected chi connectivity index (χ2v) is 7.30. The van der Waals surface area contributed by atoms with E-state index in [1.807, 2.05) is 14.0 Å². The van der Waals surface area contributed by atoms with Crippen molar-refractivity contribution in [2.75, 3.05) is 31.6 Å². The molecule has 1 aliphatic rings. The largest absolute Gasteiger partial charge is 0.367 e. The molecule has 0 amide bonds. The van der Waals surface area contributed by atoms with Gasteiger partial charge in [0, 0.05) is 50.6 Å². The zero-order chi connectivity index (χ0) is 19.2. The minimum absolute atomic E-state index is 0.556. The first-order chi connectivity index (χ1) is 13.1. The first-order valence-corrected chi connectivity index (χ1v) is 9.88. The molecule has 0 bridgehead atoms. The van der Waals surface area contributed by atoms with Gasteiger partial charge in [-0.05, 0) is 51.3 Å². The molecule has 1 unspecified atom stereocenters. The number of hydrogen-bond acceptors (Lipinski definition) is 3. The summed E-state index contributed by atoms with van der Waals surface area (Å²) in [5, 5.41) is 11.3. The van der Waals surface area contributed by atoms with Gasteiger partial charge in [-0.1, -0.05) is 18.2 Å². The van der Waals surface area contributed by atoms with Crippen molar-refractivity contribution in [3.05, 3.63) is 47.3 Å². The first-order valence-electron chi connectivity index (χ1n) is 9.88. The van der Waals surface area contributed by atoms with Crippen LogP contribution in [0.1, 0.15) is 30.3 Å². The summed E-state index contributed by atoms with van der Waals surface area (Å²) >= 11 is 0. The highest BCUT2D eigenvalue weighted by atomic mass is 15.3. The highest BCUT2D eigenvalue weighted by Crippen LogP contribution is 2.31. The van der Waals surface area contributed by atoms with Crippen LogP contribution in [0.2, 0.25) is 0 Å². The van der Waals surface area contributed by atoms with Crippen molar-refractivity contribution in [2.24, 2.45) is 4.99 Å². The second kappa shape index (κ2) is 8.93. The highest BCUT2D eigenvalue weighted by Gasteiger charge is 2.24. The minimum Gasteiger partial charge on any atom is -0.367 e. The third-order valence-corrected chi connectivity index (χ3v) is 5.16. The van der Waals surface area contributed by atoms with Crippen molar-refractivity contribution < 1.29 is 0 Å². The Kier molecular flexibility index (Phi) is 6.37. The highest BCUT2D eigenvalue weighted by molar-refractivity contribution is 5.79. The molecular weight excluding hydrogens is 336 g/mol. The van der Waals surface area contributed by atoms with E-state index in [2.05, 4.69) is 74.5 Å². The van der Waals surface area contributed by atoms with E-state index >= 15 is 0 Å². The van der Waals surface area contributed by atoms with E-state index in [4.69, 9.17) is 0 Å². The Labute approximate surface area is 162 Å². The van der Waals surface area contributed by atoms with Gasteiger partial charge in [-0.2, -0.15) is 5.10 Å². The zero-order valence-electron chi connectivity index (χ0n) is 17.0. The van der Waals surface area contributed by atoms with Gasteiger partial charge in [-0.25, -0.2) is 0 Å². The number of rotatable bonds is 7. The number of aryl methyl sites for hydroxylation is 3. The second-order valence-electron chi connectivity index (χ2n) is 7.30. The van der Waals surface area contributed by atoms with Gasteiger partial charge in [0.25, 0.3) is 0 Å². The zero-order valence-corrected chi connectivity index (χ0v) is 17.0. The molecule has 0 saturated heterocycles. The standard InChI is InChI=1S/C21H32N6/c1-16-14-18(3)27(25-16)12-7-10-23-21(22-4)24-11-13-26-17(2)15-19-8-5-6-9-20(19)26/h5-6,8-9,14,17H,7,10-13,15H2,1-4H3,(H2,22,23,24). The molecule has 0 radical (unpaired) electrons. The first kappa shape index (κ1) is 19.3. The third-order valence-electron chi connectivity index (χ3n) is 5.16. The van der Waals surface area contributed by atoms with Crippen molar-refractivity contribution >= 4 is 11.6 Å². The maximum Gasteiger partial charge on any atom is 0.191 e. The predicted molar refractivity (Wildman–Crippen MR) is 113 cm³/mol. The molecule has 0 spiro atoms. The molecule has 0 fully saturated rings. The molecule has 0 saturated carbocycles. The summed E-state index contributed by atoms with van der Waals surface area (Å²) in [6.07, 6.45) is 2.15. The molecule has 1 atom stereocenters. The Bertz CT molecular complexity index is 779. The Morgan fingerprint density at radius 2 is 1.96 bits per heavy atom. The summed E-state index contributed by atoms with van der Waals surface area (Å²) < 4.78 is 2.07. The predicted octanol–water partition coefficient (Wildman–Crippen LogP) is 2.51. The van der Waals surface area contributed by atoms with E-state index < -0.39 is 0 Å². The normalized spacial score (nSPS) is 16.5. The molecule has 3 rings (SSSR count). The van der Waals surface area contributed by atoms with E-state index in [0.717, 1.165) is 50.7 Å². The fraction of sp³-hybridized carbons (Fsp3) is 0.524. The molecule has 6 nitrogen and oxygen atoms in total. The molecule has 2 heterocycles. The molecule has 2 N–H and O–H groups in total. The van der Waals surface area contributed by atoms with E-state index in [-0.39, 0.29) is 0 Å². The van der Waals surface area contributed by atoms with Crippen LogP contribution in [0.4, 0.5) is 5.69 Å². The van der Waals surface area contributed by atoms with Crippen LogP contribution in [-0.2, 0) is 13.0 Å². The Hall–Kier alpha value is -2.50. The Balaban J connectivity index is 1.39. The lowest BCUT2D eigenvalue weighted by Gasteiger charge is -2.25. The van der Waals surface area contributed by atoms with Gasteiger partial charge in [0.15, 0.2) is 5.96 Å². The number of fused-ring (bicyclic) bond motifs is 1. The van der Waals surface area contributed by atoms with Gasteiger partial charge in [0.2, 0.25) is 0 Å². The van der Waals surface area contributed by atoms with Crippen LogP contribution in [0.5, 0.6) is 0 Å². The van der Waals surface area contributed by atoms with Crippen LogP contribution in [-0.4, -0.2) is 48.5 Å². The molecule has 1 aliphatic heterocycles. The number of nitrogens with one attached hydrogen (secondary N) is 2. The molecule has 27 heavy (non-hydrogen) atoms. The average Bonchev–Trinajstić information content (AvgIpc) is 3.15. The lowest BCUT2D eigenvalue weighted by atomic mass is 10.1. The van der Waals surface area contributed by atoms with Gasteiger partial charge < -0.3 is 15.5 Å². The van der Waals surface area contributed by atoms with Crippen molar-refractivity contribution in [3.8, 4) is 0 Å². The fourth-order valence-electron chi connectivity index (χ4n) is 3.82. The third kappa shape index (κ3) is 4.81. The molecule has 6 heteroatoms. The Morgan fingerprint density at radius 3 is 2.70 bits per heavy atom. The minimum atomic E-state index is 0.556. The summed E-state index contributed by atoms with van der Waals surface area (Å²) in [5.41, 5.74) is 5.13. The lowest BCUT2D eigenvalue weighted by Crippen LogP contribution is -2.43. The summed E-state index contributed by atoms with van der Waals surface area (Å²) in [6.45, 7) is 10.1. The molecule has 2 aromatic rings. The average molecular weight is 369 g/mol. The number of nitrogens with zero attached hydrogens (tertiary/aromatic N) is 4. The maximum absolute atomic E-state index is 4.50. The molecule has 146 valence electrons. The molecule has 0 aliphatic carbocycles. The van der Waals surface area contributed by atoms with Crippen LogP contribution in [0.25, 0.3) is 0 Å². The van der Waals surface area contributed by atoms with Crippen LogP contribution in [0.3, 0.4) is 0 Å². The monoisotopic (exact) mass is 368 g/mol. The number of benzene rings is 1. The van der Waals surface area contributed by atoms with Crippen molar-refractivity contribution in [2.45, 2.75) is 46.2 Å². The SMILES string of the molecule is CN=C(NCCCn1nc(C)cc1C)NCCN1c2ccccc2CC1C. The van der Waals surface area contributed by atoms with Crippen molar-refractivity contribution in [3.63, 3.8) is 0 Å². The van der Waals surface area contributed by atoms with Crippen molar-refractivity contribution in [1.82, 2.24) is 20.4 Å². The van der Waals surface area contributed by atoms with Crippen LogP contribution in [0.15, 0.2) is 35.3 Å². The van der Waals surface area contributed by atoms with Crippen molar-refractivity contribution in [1.29, 1.82) is 0 Å². The summed E-state index contributed by atoms with van der Waals surface area (Å²) in [4.78, 5) is 6.82. The van der Waals surface area contributed by atoms with E-state index in [0.29, 0.717) is 6.04 Å². The van der Waals surface area contributed by atoms with Crippen LogP contribution in [0, 0.1) is 13.8 Å². The Morgan fingerprint density at radius 1 is 1.19 bits per heavy atom. The fourth-order valence-corrected chi connectivity index (χ4v) is 3.82. The van der Waals surface area contributed by atoms with E-state index in [1.54, 1.807) is 0 Å². The number of aliphatic imine (C=N–C) groups is 1. The molecule has 1 aromatic carbocycles. The maximum atomic E-state index is 4.50. The summed E-state index contributed by atoms with van der Waals surface area (Å²) in [7, 11) is 1.82. The summed E-state index contributed by atoms with van der Waals surface area (Å²) in [5.74, 6) is 0.864. The van der Waals surface area contributed by atoms with Crippen LogP contribution >= 0.6 is 0 Å². The van der Waals surface area contributed by atoms with Gasteiger partial charge >= 0.3 is 0 Å². The number of guanidine groups is 1. The molecule has 1 aromatic heterocycles. The smallest absolute Gasteiger partial charge is 0.191 e. The topological polar surface area (TPSA) is 57.5 Å².